The van der Waals surface area contributed by atoms with Crippen molar-refractivity contribution in [3.05, 3.63) is 162 Å². The van der Waals surface area contributed by atoms with E-state index in [1.807, 2.05) is 36.4 Å². The van der Waals surface area contributed by atoms with Gasteiger partial charge in [-0.25, -0.2) is 9.52 Å². The average molecular weight is 518 g/mol. The summed E-state index contributed by atoms with van der Waals surface area (Å²) in [6.07, 6.45) is 0. The van der Waals surface area contributed by atoms with Gasteiger partial charge in [0.05, 0.1) is 22.7 Å². The fraction of sp³-hybridized carbons (Fsp3) is 0.0312. The summed E-state index contributed by atoms with van der Waals surface area (Å²) in [5, 5.41) is 7.27. The lowest BCUT2D eigenvalue weighted by molar-refractivity contribution is 1.20. The number of nitrogens with zero attached hydrogens (tertiary/aromatic N) is 3. The Hall–Kier alpha value is -3.91. The molecule has 1 aliphatic heterocycles. The van der Waals surface area contributed by atoms with E-state index in [1.54, 1.807) is 0 Å². The number of benzene rings is 5. The molecule has 5 aromatic rings. The summed E-state index contributed by atoms with van der Waals surface area (Å²) in [6.45, 7) is 0. The highest BCUT2D eigenvalue weighted by Crippen LogP contribution is 2.70. The first-order chi connectivity index (χ1) is 18.3. The third kappa shape index (κ3) is 4.42. The molecule has 0 amide bonds. The quantitative estimate of drug-likeness (QED) is 0.214. The van der Waals surface area contributed by atoms with Crippen LogP contribution in [0.2, 0.25) is 5.02 Å². The first-order valence-electron chi connectivity index (χ1n) is 12.2. The third-order valence-electron chi connectivity index (χ3n) is 6.51. The van der Waals surface area contributed by atoms with Crippen LogP contribution in [0.15, 0.2) is 155 Å². The minimum atomic E-state index is -2.61. The SMILES string of the molecule is Clc1ccc(N=[P@]2(c3ccccc3)[C@H](c3ccccc3)C(c3ccccc3)=NN2c2ccccc2)cc1. The summed E-state index contributed by atoms with van der Waals surface area (Å²) in [4.78, 5) is 0. The standard InChI is InChI=1S/C32H25ClN3P/c33-27-21-23-28(24-22-27)35-37(30-19-11-4-12-20-30)32(26-15-7-2-8-16-26)31(25-13-5-1-6-14-25)34-36(37)29-17-9-3-10-18-29/h1-24,32H/t32-,37+/m1/s1. The zero-order valence-electron chi connectivity index (χ0n) is 20.1. The van der Waals surface area contributed by atoms with Crippen molar-refractivity contribution >= 4 is 41.2 Å². The fourth-order valence-electron chi connectivity index (χ4n) is 4.87. The Kier molecular flexibility index (Phi) is 6.49. The fourth-order valence-corrected chi connectivity index (χ4v) is 8.99. The predicted octanol–water partition coefficient (Wildman–Crippen LogP) is 9.08. The van der Waals surface area contributed by atoms with E-state index in [9.17, 15) is 0 Å². The second kappa shape index (κ2) is 10.2. The van der Waals surface area contributed by atoms with Gasteiger partial charge < -0.3 is 0 Å². The van der Waals surface area contributed by atoms with Crippen LogP contribution in [0.25, 0.3) is 0 Å². The highest BCUT2D eigenvalue weighted by atomic mass is 35.5. The first-order valence-corrected chi connectivity index (χ1v) is 14.4. The lowest BCUT2D eigenvalue weighted by Gasteiger charge is -2.35. The molecule has 5 aromatic carbocycles. The molecule has 180 valence electrons. The summed E-state index contributed by atoms with van der Waals surface area (Å²) >= 11 is 6.27. The zero-order valence-corrected chi connectivity index (χ0v) is 21.8. The van der Waals surface area contributed by atoms with Crippen LogP contribution in [0.5, 0.6) is 0 Å². The second-order valence-corrected chi connectivity index (χ2v) is 12.2. The van der Waals surface area contributed by atoms with Gasteiger partial charge in [0.25, 0.3) is 0 Å². The van der Waals surface area contributed by atoms with E-state index in [0.29, 0.717) is 5.02 Å². The highest BCUT2D eigenvalue weighted by molar-refractivity contribution is 7.77. The second-order valence-electron chi connectivity index (χ2n) is 8.85. The monoisotopic (exact) mass is 517 g/mol. The molecule has 2 atom stereocenters. The van der Waals surface area contributed by atoms with Gasteiger partial charge in [-0.2, -0.15) is 5.10 Å². The van der Waals surface area contributed by atoms with Gasteiger partial charge in [0.1, 0.15) is 7.21 Å². The summed E-state index contributed by atoms with van der Waals surface area (Å²) in [5.41, 5.74) is 5.14. The average Bonchev–Trinajstić information content (AvgIpc) is 3.32. The van der Waals surface area contributed by atoms with Crippen LogP contribution in [0.1, 0.15) is 16.8 Å². The third-order valence-corrected chi connectivity index (χ3v) is 10.5. The minimum Gasteiger partial charge on any atom is -0.239 e. The number of hydrogen-bond donors (Lipinski definition) is 0. The molecule has 0 N–H and O–H groups in total. The molecular weight excluding hydrogens is 493 g/mol. The van der Waals surface area contributed by atoms with E-state index in [1.165, 1.54) is 5.56 Å². The lowest BCUT2D eigenvalue weighted by Crippen LogP contribution is -2.22. The number of para-hydroxylation sites is 1. The molecule has 0 bridgehead atoms. The van der Waals surface area contributed by atoms with E-state index in [4.69, 9.17) is 21.4 Å². The Labute approximate surface area is 222 Å². The zero-order chi connectivity index (χ0) is 25.1. The van der Waals surface area contributed by atoms with Crippen molar-refractivity contribution in [3.63, 3.8) is 0 Å². The van der Waals surface area contributed by atoms with Crippen LogP contribution < -0.4 is 10.1 Å². The Morgan fingerprint density at radius 1 is 0.622 bits per heavy atom. The molecule has 0 aromatic heterocycles. The molecule has 0 saturated carbocycles. The minimum absolute atomic E-state index is 0.0746. The molecule has 1 aliphatic rings. The molecule has 5 heteroatoms. The van der Waals surface area contributed by atoms with Crippen LogP contribution in [0.3, 0.4) is 0 Å². The van der Waals surface area contributed by atoms with Crippen LogP contribution in [-0.4, -0.2) is 5.71 Å². The van der Waals surface area contributed by atoms with E-state index in [0.717, 1.165) is 28.0 Å². The Balaban J connectivity index is 1.74. The van der Waals surface area contributed by atoms with Crippen molar-refractivity contribution in [1.29, 1.82) is 0 Å². The lowest BCUT2D eigenvalue weighted by atomic mass is 10.0. The van der Waals surface area contributed by atoms with Crippen LogP contribution in [0.4, 0.5) is 11.4 Å². The van der Waals surface area contributed by atoms with Crippen LogP contribution in [0, 0.1) is 0 Å². The maximum absolute atomic E-state index is 6.27. The van der Waals surface area contributed by atoms with E-state index in [2.05, 4.69) is 114 Å². The van der Waals surface area contributed by atoms with Gasteiger partial charge in [0.2, 0.25) is 0 Å². The topological polar surface area (TPSA) is 28.0 Å². The Morgan fingerprint density at radius 3 is 1.78 bits per heavy atom. The van der Waals surface area contributed by atoms with Crippen LogP contribution in [-0.2, 0) is 0 Å². The van der Waals surface area contributed by atoms with Crippen LogP contribution >= 0.6 is 18.8 Å². The Morgan fingerprint density at radius 2 is 1.16 bits per heavy atom. The normalized spacial score (nSPS) is 18.9. The van der Waals surface area contributed by atoms with Crippen molar-refractivity contribution < 1.29 is 0 Å². The van der Waals surface area contributed by atoms with Crippen molar-refractivity contribution in [2.75, 3.05) is 4.78 Å². The molecule has 0 radical (unpaired) electrons. The maximum Gasteiger partial charge on any atom is 0.123 e. The van der Waals surface area contributed by atoms with Crippen molar-refractivity contribution in [3.8, 4) is 0 Å². The van der Waals surface area contributed by atoms with Crippen molar-refractivity contribution in [1.82, 2.24) is 0 Å². The number of hydrogen-bond acceptors (Lipinski definition) is 2. The van der Waals surface area contributed by atoms with Gasteiger partial charge in [0, 0.05) is 10.3 Å². The van der Waals surface area contributed by atoms with Gasteiger partial charge in [0.15, 0.2) is 0 Å². The van der Waals surface area contributed by atoms with Gasteiger partial charge in [-0.15, -0.1) is 0 Å². The molecule has 1 heterocycles. The van der Waals surface area contributed by atoms with E-state index < -0.39 is 7.21 Å². The number of anilines is 1. The van der Waals surface area contributed by atoms with Gasteiger partial charge >= 0.3 is 0 Å². The molecule has 0 aliphatic carbocycles. The van der Waals surface area contributed by atoms with Crippen molar-refractivity contribution in [2.45, 2.75) is 5.66 Å². The molecule has 6 rings (SSSR count). The summed E-state index contributed by atoms with van der Waals surface area (Å²) in [7, 11) is -2.61. The van der Waals surface area contributed by atoms with Gasteiger partial charge in [-0.1, -0.05) is 121 Å². The molecule has 0 unspecified atom stereocenters. The smallest absolute Gasteiger partial charge is 0.123 e. The summed E-state index contributed by atoms with van der Waals surface area (Å²) < 4.78 is 7.86. The Bertz CT molecular complexity index is 1570. The van der Waals surface area contributed by atoms with E-state index >= 15 is 0 Å². The van der Waals surface area contributed by atoms with E-state index in [-0.39, 0.29) is 5.66 Å². The first kappa shape index (κ1) is 23.5. The summed E-state index contributed by atoms with van der Waals surface area (Å²) in [5.74, 6) is 0. The molecule has 0 fully saturated rings. The predicted molar refractivity (Wildman–Crippen MR) is 158 cm³/mol. The molecule has 37 heavy (non-hydrogen) atoms. The number of rotatable bonds is 5. The molecule has 3 nitrogen and oxygen atoms in total. The van der Waals surface area contributed by atoms with Gasteiger partial charge in [-0.05, 0) is 47.5 Å². The molecule has 0 saturated heterocycles. The maximum atomic E-state index is 6.27. The highest BCUT2D eigenvalue weighted by Gasteiger charge is 2.48. The van der Waals surface area contributed by atoms with Gasteiger partial charge in [-0.3, -0.25) is 0 Å². The number of hydrazone groups is 1. The number of halogens is 1. The van der Waals surface area contributed by atoms with Crippen molar-refractivity contribution in [2.24, 2.45) is 9.85 Å². The summed E-state index contributed by atoms with van der Waals surface area (Å²) in [6, 6.07) is 50.0. The largest absolute Gasteiger partial charge is 0.239 e. The molecule has 0 spiro atoms. The molecular formula is C32H25ClN3P.